The van der Waals surface area contributed by atoms with Crippen LogP contribution in [0.1, 0.15) is 12.8 Å². The number of amides is 1. The smallest absolute Gasteiger partial charge is 0.240 e. The summed E-state index contributed by atoms with van der Waals surface area (Å²) in [6.45, 7) is 2.13. The van der Waals surface area contributed by atoms with E-state index in [1.165, 1.54) is 0 Å². The maximum atomic E-state index is 12.0. The minimum atomic E-state index is 0.123. The van der Waals surface area contributed by atoms with Crippen LogP contribution < -0.4 is 15.0 Å². The fourth-order valence-electron chi connectivity index (χ4n) is 1.99. The molecule has 0 spiro atoms. The molecule has 0 atom stereocenters. The minimum Gasteiger partial charge on any atom is -0.497 e. The standard InChI is InChI=1S/C13H18N2O2/c1-17-12-6-4-5-11(9-12)15-8-3-2-7-14-10-13(15)16/h4-6,9,14H,2-3,7-8,10H2,1H3. The number of anilines is 1. The van der Waals surface area contributed by atoms with Crippen LogP contribution >= 0.6 is 0 Å². The molecule has 92 valence electrons. The van der Waals surface area contributed by atoms with Gasteiger partial charge >= 0.3 is 0 Å². The quantitative estimate of drug-likeness (QED) is 0.841. The van der Waals surface area contributed by atoms with E-state index < -0.39 is 0 Å². The van der Waals surface area contributed by atoms with Crippen LogP contribution in [0.15, 0.2) is 24.3 Å². The number of hydrogen-bond acceptors (Lipinski definition) is 3. The normalized spacial score (nSPS) is 17.5. The van der Waals surface area contributed by atoms with E-state index in [1.807, 2.05) is 29.2 Å². The highest BCUT2D eigenvalue weighted by molar-refractivity contribution is 5.95. The lowest BCUT2D eigenvalue weighted by atomic mass is 10.2. The molecule has 4 heteroatoms. The first-order valence-electron chi connectivity index (χ1n) is 5.96. The molecule has 1 heterocycles. The molecule has 1 fully saturated rings. The van der Waals surface area contributed by atoms with Crippen molar-refractivity contribution < 1.29 is 9.53 Å². The summed E-state index contributed by atoms with van der Waals surface area (Å²) < 4.78 is 5.18. The number of carbonyl (C=O) groups excluding carboxylic acids is 1. The van der Waals surface area contributed by atoms with Crippen molar-refractivity contribution in [3.63, 3.8) is 0 Å². The predicted octanol–water partition coefficient (Wildman–Crippen LogP) is 1.41. The second kappa shape index (κ2) is 5.68. The van der Waals surface area contributed by atoms with Gasteiger partial charge in [0.25, 0.3) is 0 Å². The van der Waals surface area contributed by atoms with Crippen molar-refractivity contribution in [1.82, 2.24) is 5.32 Å². The van der Waals surface area contributed by atoms with Gasteiger partial charge in [0.05, 0.1) is 13.7 Å². The SMILES string of the molecule is COc1cccc(N2CCCCNCC2=O)c1. The van der Waals surface area contributed by atoms with Gasteiger partial charge in [0.15, 0.2) is 0 Å². The Kier molecular flexibility index (Phi) is 3.98. The Balaban J connectivity index is 2.19. The van der Waals surface area contributed by atoms with E-state index in [0.29, 0.717) is 6.54 Å². The molecule has 1 aliphatic heterocycles. The molecule has 1 N–H and O–H groups in total. The van der Waals surface area contributed by atoms with E-state index in [0.717, 1.165) is 37.4 Å². The number of carbonyl (C=O) groups is 1. The van der Waals surface area contributed by atoms with Crippen LogP contribution in [0.5, 0.6) is 5.75 Å². The van der Waals surface area contributed by atoms with E-state index in [2.05, 4.69) is 5.32 Å². The zero-order chi connectivity index (χ0) is 12.1. The van der Waals surface area contributed by atoms with Crippen molar-refractivity contribution in [2.75, 3.05) is 31.6 Å². The van der Waals surface area contributed by atoms with Gasteiger partial charge in [-0.3, -0.25) is 4.79 Å². The van der Waals surface area contributed by atoms with E-state index in [-0.39, 0.29) is 5.91 Å². The van der Waals surface area contributed by atoms with Gasteiger partial charge in [0.1, 0.15) is 5.75 Å². The molecule has 2 rings (SSSR count). The van der Waals surface area contributed by atoms with Gasteiger partial charge in [0.2, 0.25) is 5.91 Å². The number of nitrogens with zero attached hydrogens (tertiary/aromatic N) is 1. The van der Waals surface area contributed by atoms with Crippen LogP contribution in [-0.2, 0) is 4.79 Å². The zero-order valence-electron chi connectivity index (χ0n) is 10.1. The Morgan fingerprint density at radius 3 is 3.06 bits per heavy atom. The third-order valence-corrected chi connectivity index (χ3v) is 2.93. The summed E-state index contributed by atoms with van der Waals surface area (Å²) in [5, 5.41) is 3.14. The fraction of sp³-hybridized carbons (Fsp3) is 0.462. The Hall–Kier alpha value is -1.55. The molecule has 1 aromatic rings. The van der Waals surface area contributed by atoms with Crippen molar-refractivity contribution in [3.8, 4) is 5.75 Å². The highest BCUT2D eigenvalue weighted by Gasteiger charge is 2.17. The molecule has 17 heavy (non-hydrogen) atoms. The zero-order valence-corrected chi connectivity index (χ0v) is 10.1. The van der Waals surface area contributed by atoms with Gasteiger partial charge < -0.3 is 15.0 Å². The molecule has 0 unspecified atom stereocenters. The largest absolute Gasteiger partial charge is 0.497 e. The third kappa shape index (κ3) is 2.97. The molecule has 4 nitrogen and oxygen atoms in total. The van der Waals surface area contributed by atoms with Gasteiger partial charge in [-0.1, -0.05) is 6.07 Å². The summed E-state index contributed by atoms with van der Waals surface area (Å²) in [5.74, 6) is 0.906. The molecule has 0 aliphatic carbocycles. The van der Waals surface area contributed by atoms with Gasteiger partial charge in [-0.15, -0.1) is 0 Å². The number of hydrogen-bond donors (Lipinski definition) is 1. The summed E-state index contributed by atoms with van der Waals surface area (Å²) in [6.07, 6.45) is 2.13. The molecular weight excluding hydrogens is 216 g/mol. The lowest BCUT2D eigenvalue weighted by Gasteiger charge is -2.25. The summed E-state index contributed by atoms with van der Waals surface area (Å²) in [6, 6.07) is 7.64. The average molecular weight is 234 g/mol. The second-order valence-electron chi connectivity index (χ2n) is 4.13. The Morgan fingerprint density at radius 2 is 2.24 bits per heavy atom. The minimum absolute atomic E-state index is 0.123. The van der Waals surface area contributed by atoms with Crippen LogP contribution in [0.25, 0.3) is 0 Å². The molecule has 1 aliphatic rings. The van der Waals surface area contributed by atoms with Crippen LogP contribution in [0, 0.1) is 0 Å². The lowest BCUT2D eigenvalue weighted by molar-refractivity contribution is -0.118. The van der Waals surface area contributed by atoms with E-state index >= 15 is 0 Å². The summed E-state index contributed by atoms with van der Waals surface area (Å²) in [7, 11) is 1.63. The van der Waals surface area contributed by atoms with Gasteiger partial charge in [-0.25, -0.2) is 0 Å². The van der Waals surface area contributed by atoms with Crippen LogP contribution in [0.3, 0.4) is 0 Å². The summed E-state index contributed by atoms with van der Waals surface area (Å²) in [4.78, 5) is 13.8. The summed E-state index contributed by atoms with van der Waals surface area (Å²) in [5.41, 5.74) is 0.915. The Labute approximate surface area is 102 Å². The first-order valence-corrected chi connectivity index (χ1v) is 5.96. The first kappa shape index (κ1) is 11.9. The molecule has 0 saturated carbocycles. The van der Waals surface area contributed by atoms with Crippen molar-refractivity contribution >= 4 is 11.6 Å². The molecular formula is C13H18N2O2. The number of rotatable bonds is 2. The molecule has 1 aromatic carbocycles. The molecule has 0 bridgehead atoms. The average Bonchev–Trinajstić information content (AvgIpc) is 2.34. The predicted molar refractivity (Wildman–Crippen MR) is 67.5 cm³/mol. The molecule has 0 radical (unpaired) electrons. The number of methoxy groups -OCH3 is 1. The summed E-state index contributed by atoms with van der Waals surface area (Å²) >= 11 is 0. The van der Waals surface area contributed by atoms with E-state index in [9.17, 15) is 4.79 Å². The Bertz CT molecular complexity index is 393. The topological polar surface area (TPSA) is 41.6 Å². The van der Waals surface area contributed by atoms with Gasteiger partial charge in [-0.05, 0) is 31.5 Å². The number of benzene rings is 1. The Morgan fingerprint density at radius 1 is 1.35 bits per heavy atom. The molecule has 1 saturated heterocycles. The maximum absolute atomic E-state index is 12.0. The fourth-order valence-corrected chi connectivity index (χ4v) is 1.99. The van der Waals surface area contributed by atoms with Crippen molar-refractivity contribution in [1.29, 1.82) is 0 Å². The van der Waals surface area contributed by atoms with E-state index in [4.69, 9.17) is 4.74 Å². The highest BCUT2D eigenvalue weighted by atomic mass is 16.5. The van der Waals surface area contributed by atoms with Crippen LogP contribution in [0.4, 0.5) is 5.69 Å². The monoisotopic (exact) mass is 234 g/mol. The van der Waals surface area contributed by atoms with E-state index in [1.54, 1.807) is 7.11 Å². The second-order valence-corrected chi connectivity index (χ2v) is 4.13. The number of nitrogens with one attached hydrogen (secondary N) is 1. The van der Waals surface area contributed by atoms with Crippen molar-refractivity contribution in [2.24, 2.45) is 0 Å². The third-order valence-electron chi connectivity index (χ3n) is 2.93. The molecule has 1 amide bonds. The number of ether oxygens (including phenoxy) is 1. The lowest BCUT2D eigenvalue weighted by Crippen LogP contribution is -2.41. The van der Waals surface area contributed by atoms with Gasteiger partial charge in [-0.2, -0.15) is 0 Å². The first-order chi connectivity index (χ1) is 8.31. The van der Waals surface area contributed by atoms with Crippen molar-refractivity contribution in [3.05, 3.63) is 24.3 Å². The van der Waals surface area contributed by atoms with Crippen molar-refractivity contribution in [2.45, 2.75) is 12.8 Å². The maximum Gasteiger partial charge on any atom is 0.240 e. The highest BCUT2D eigenvalue weighted by Crippen LogP contribution is 2.21. The molecule has 0 aromatic heterocycles. The van der Waals surface area contributed by atoms with Crippen LogP contribution in [-0.4, -0.2) is 32.7 Å². The van der Waals surface area contributed by atoms with Gasteiger partial charge in [0, 0.05) is 18.3 Å². The van der Waals surface area contributed by atoms with Crippen LogP contribution in [0.2, 0.25) is 0 Å².